The molecule has 0 saturated carbocycles. The molecule has 5 heteroatoms. The molecule has 2 aromatic rings. The lowest BCUT2D eigenvalue weighted by Crippen LogP contribution is -2.03. The van der Waals surface area contributed by atoms with Gasteiger partial charge in [0.15, 0.2) is 0 Å². The number of para-hydroxylation sites is 1. The van der Waals surface area contributed by atoms with Crippen LogP contribution >= 0.6 is 0 Å². The minimum atomic E-state index is -0.649. The third-order valence-electron chi connectivity index (χ3n) is 3.16. The molecule has 0 unspecified atom stereocenters. The average molecular weight is 281 g/mol. The summed E-state index contributed by atoms with van der Waals surface area (Å²) >= 11 is 0. The number of nitriles is 1. The van der Waals surface area contributed by atoms with Crippen molar-refractivity contribution >= 4 is 12.0 Å². The Morgan fingerprint density at radius 3 is 2.57 bits per heavy atom. The molecule has 2 rings (SSSR count). The zero-order chi connectivity index (χ0) is 15.4. The summed E-state index contributed by atoms with van der Waals surface area (Å²) in [5.41, 5.74) is 3.23. The highest BCUT2D eigenvalue weighted by atomic mass is 16.5. The molecule has 106 valence electrons. The van der Waals surface area contributed by atoms with Crippen LogP contribution in [0, 0.1) is 25.2 Å². The number of carbonyl (C=O) groups is 1. The van der Waals surface area contributed by atoms with Gasteiger partial charge in [-0.3, -0.25) is 0 Å². The van der Waals surface area contributed by atoms with Gasteiger partial charge in [-0.2, -0.15) is 10.4 Å². The van der Waals surface area contributed by atoms with Gasteiger partial charge in [-0.1, -0.05) is 18.2 Å². The molecule has 0 fully saturated rings. The Bertz CT molecular complexity index is 737. The zero-order valence-electron chi connectivity index (χ0n) is 12.1. The first-order valence-electron chi connectivity index (χ1n) is 6.40. The average Bonchev–Trinajstić information content (AvgIpc) is 2.80. The van der Waals surface area contributed by atoms with Crippen molar-refractivity contribution in [3.8, 4) is 11.8 Å². The highest BCUT2D eigenvalue weighted by molar-refractivity contribution is 5.98. The standard InChI is InChI=1S/C16H15N3O2/c1-11-15(9-13(10-17)16(20)21-3)12(2)19(18-11)14-7-5-4-6-8-14/h4-9H,1-3H3/b13-9+. The maximum absolute atomic E-state index is 11.5. The molecule has 5 nitrogen and oxygen atoms in total. The predicted molar refractivity (Wildman–Crippen MR) is 78.6 cm³/mol. The zero-order valence-corrected chi connectivity index (χ0v) is 12.1. The number of benzene rings is 1. The molecule has 0 bridgehead atoms. The second kappa shape index (κ2) is 6.06. The molecule has 0 spiro atoms. The van der Waals surface area contributed by atoms with Crippen LogP contribution in [0.2, 0.25) is 0 Å². The molecule has 0 atom stereocenters. The number of nitrogens with zero attached hydrogens (tertiary/aromatic N) is 3. The molecule has 1 aromatic carbocycles. The van der Waals surface area contributed by atoms with E-state index < -0.39 is 5.97 Å². The summed E-state index contributed by atoms with van der Waals surface area (Å²) in [6, 6.07) is 11.5. The SMILES string of the molecule is COC(=O)/C(C#N)=C/c1c(C)nn(-c2ccccc2)c1C. The van der Waals surface area contributed by atoms with Crippen molar-refractivity contribution in [1.29, 1.82) is 5.26 Å². The van der Waals surface area contributed by atoms with Crippen LogP contribution in [0.15, 0.2) is 35.9 Å². The molecule has 0 radical (unpaired) electrons. The van der Waals surface area contributed by atoms with Crippen LogP contribution in [0.5, 0.6) is 0 Å². The number of carbonyl (C=O) groups excluding carboxylic acids is 1. The van der Waals surface area contributed by atoms with Crippen LogP contribution in [-0.2, 0) is 9.53 Å². The molecule has 0 aliphatic rings. The first kappa shape index (κ1) is 14.5. The number of aromatic nitrogens is 2. The van der Waals surface area contributed by atoms with Gasteiger partial charge < -0.3 is 4.74 Å². The molecule has 0 aliphatic carbocycles. The fourth-order valence-electron chi connectivity index (χ4n) is 2.08. The van der Waals surface area contributed by atoms with Gasteiger partial charge in [0.25, 0.3) is 0 Å². The lowest BCUT2D eigenvalue weighted by atomic mass is 10.1. The molecule has 1 aromatic heterocycles. The third-order valence-corrected chi connectivity index (χ3v) is 3.16. The minimum absolute atomic E-state index is 0.0451. The lowest BCUT2D eigenvalue weighted by Gasteiger charge is -2.03. The van der Waals surface area contributed by atoms with E-state index in [0.717, 1.165) is 22.6 Å². The molecule has 1 heterocycles. The van der Waals surface area contributed by atoms with Crippen LogP contribution in [0.25, 0.3) is 11.8 Å². The van der Waals surface area contributed by atoms with Crippen LogP contribution in [0.3, 0.4) is 0 Å². The normalized spacial score (nSPS) is 11.0. The summed E-state index contributed by atoms with van der Waals surface area (Å²) in [6.07, 6.45) is 1.52. The summed E-state index contributed by atoms with van der Waals surface area (Å²) in [5, 5.41) is 13.5. The van der Waals surface area contributed by atoms with Gasteiger partial charge in [-0.05, 0) is 32.1 Å². The van der Waals surface area contributed by atoms with Gasteiger partial charge in [-0.25, -0.2) is 9.48 Å². The van der Waals surface area contributed by atoms with E-state index in [2.05, 4.69) is 9.84 Å². The van der Waals surface area contributed by atoms with Crippen molar-refractivity contribution in [2.75, 3.05) is 7.11 Å². The van der Waals surface area contributed by atoms with Crippen molar-refractivity contribution < 1.29 is 9.53 Å². The van der Waals surface area contributed by atoms with E-state index >= 15 is 0 Å². The van der Waals surface area contributed by atoms with Crippen molar-refractivity contribution in [1.82, 2.24) is 9.78 Å². The second-order valence-electron chi connectivity index (χ2n) is 4.49. The molecule has 0 amide bonds. The summed E-state index contributed by atoms with van der Waals surface area (Å²) in [4.78, 5) is 11.5. The quantitative estimate of drug-likeness (QED) is 0.492. The molecular weight excluding hydrogens is 266 g/mol. The first-order valence-corrected chi connectivity index (χ1v) is 6.40. The van der Waals surface area contributed by atoms with E-state index in [-0.39, 0.29) is 5.57 Å². The Hall–Kier alpha value is -2.87. The number of hydrogen-bond acceptors (Lipinski definition) is 4. The highest BCUT2D eigenvalue weighted by Gasteiger charge is 2.15. The van der Waals surface area contributed by atoms with Gasteiger partial charge in [0.1, 0.15) is 11.6 Å². The Morgan fingerprint density at radius 1 is 1.33 bits per heavy atom. The van der Waals surface area contributed by atoms with E-state index in [1.807, 2.05) is 50.2 Å². The summed E-state index contributed by atoms with van der Waals surface area (Å²) in [5.74, 6) is -0.649. The van der Waals surface area contributed by atoms with Crippen molar-refractivity contribution in [2.45, 2.75) is 13.8 Å². The van der Waals surface area contributed by atoms with Crippen LogP contribution in [-0.4, -0.2) is 22.9 Å². The van der Waals surface area contributed by atoms with E-state index in [1.54, 1.807) is 4.68 Å². The summed E-state index contributed by atoms with van der Waals surface area (Å²) in [7, 11) is 1.25. The van der Waals surface area contributed by atoms with Crippen LogP contribution < -0.4 is 0 Å². The van der Waals surface area contributed by atoms with E-state index in [0.29, 0.717) is 0 Å². The van der Waals surface area contributed by atoms with Crippen LogP contribution in [0.4, 0.5) is 0 Å². The van der Waals surface area contributed by atoms with E-state index in [1.165, 1.54) is 13.2 Å². The molecule has 0 aliphatic heterocycles. The van der Waals surface area contributed by atoms with Gasteiger partial charge in [-0.15, -0.1) is 0 Å². The largest absolute Gasteiger partial charge is 0.465 e. The maximum atomic E-state index is 11.5. The van der Waals surface area contributed by atoms with E-state index in [4.69, 9.17) is 5.26 Å². The molecule has 0 saturated heterocycles. The predicted octanol–water partition coefficient (Wildman–Crippen LogP) is 2.57. The van der Waals surface area contributed by atoms with Crippen LogP contribution in [0.1, 0.15) is 17.0 Å². The van der Waals surface area contributed by atoms with E-state index in [9.17, 15) is 4.79 Å². The Labute approximate surface area is 123 Å². The number of hydrogen-bond donors (Lipinski definition) is 0. The lowest BCUT2D eigenvalue weighted by molar-refractivity contribution is -0.135. The summed E-state index contributed by atoms with van der Waals surface area (Å²) in [6.45, 7) is 3.73. The second-order valence-corrected chi connectivity index (χ2v) is 4.49. The summed E-state index contributed by atoms with van der Waals surface area (Å²) < 4.78 is 6.37. The van der Waals surface area contributed by atoms with Gasteiger partial charge >= 0.3 is 5.97 Å². The maximum Gasteiger partial charge on any atom is 0.348 e. The van der Waals surface area contributed by atoms with Gasteiger partial charge in [0.05, 0.1) is 18.5 Å². The smallest absolute Gasteiger partial charge is 0.348 e. The third kappa shape index (κ3) is 2.84. The number of esters is 1. The topological polar surface area (TPSA) is 67.9 Å². The van der Waals surface area contributed by atoms with Gasteiger partial charge in [0.2, 0.25) is 0 Å². The Balaban J connectivity index is 2.53. The number of ether oxygens (including phenoxy) is 1. The number of methoxy groups -OCH3 is 1. The van der Waals surface area contributed by atoms with Crippen molar-refractivity contribution in [3.63, 3.8) is 0 Å². The highest BCUT2D eigenvalue weighted by Crippen LogP contribution is 2.20. The number of rotatable bonds is 3. The Morgan fingerprint density at radius 2 is 2.00 bits per heavy atom. The molecule has 21 heavy (non-hydrogen) atoms. The van der Waals surface area contributed by atoms with Gasteiger partial charge in [0, 0.05) is 11.3 Å². The number of aryl methyl sites for hydroxylation is 1. The van der Waals surface area contributed by atoms with Crippen molar-refractivity contribution in [2.24, 2.45) is 0 Å². The Kier molecular flexibility index (Phi) is 4.19. The van der Waals surface area contributed by atoms with Crippen molar-refractivity contribution in [3.05, 3.63) is 52.9 Å². The minimum Gasteiger partial charge on any atom is -0.465 e. The molecular formula is C16H15N3O2. The fraction of sp³-hybridized carbons (Fsp3) is 0.188. The molecule has 0 N–H and O–H groups in total. The fourth-order valence-corrected chi connectivity index (χ4v) is 2.08. The monoisotopic (exact) mass is 281 g/mol. The first-order chi connectivity index (χ1) is 10.1.